The first kappa shape index (κ1) is 22.2. The number of carbonyl (C=O) groups is 1. The molecule has 0 bridgehead atoms. The fourth-order valence-electron chi connectivity index (χ4n) is 5.10. The molecule has 0 spiro atoms. The number of carbonyl (C=O) groups excluding carboxylic acids is 1. The van der Waals surface area contributed by atoms with Crippen LogP contribution in [0.15, 0.2) is 29.1 Å². The van der Waals surface area contributed by atoms with Crippen molar-refractivity contribution in [3.05, 3.63) is 62.3 Å². The van der Waals surface area contributed by atoms with Gasteiger partial charge in [-0.2, -0.15) is 0 Å². The van der Waals surface area contributed by atoms with E-state index in [0.29, 0.717) is 59.8 Å². The lowest BCUT2D eigenvalue weighted by Crippen LogP contribution is -2.44. The molecule has 0 atom stereocenters. The van der Waals surface area contributed by atoms with Gasteiger partial charge in [-0.1, -0.05) is 18.6 Å². The van der Waals surface area contributed by atoms with E-state index in [2.05, 4.69) is 5.32 Å². The minimum Gasteiger partial charge on any atom is -0.381 e. The molecule has 2 aromatic heterocycles. The second-order valence-corrected chi connectivity index (χ2v) is 10.1. The Bertz CT molecular complexity index is 1260. The molecule has 0 unspecified atom stereocenters. The number of nitrogens with one attached hydrogen (secondary N) is 1. The van der Waals surface area contributed by atoms with Crippen LogP contribution < -0.4 is 10.9 Å². The SMILES string of the molecule is Cc1c(C(=O)NCC2(c3cccc(F)c3)CCOCC2)sc2nc3n(c(=O)c12)CCCCC3. The van der Waals surface area contributed by atoms with Gasteiger partial charge in [-0.05, 0) is 55.9 Å². The van der Waals surface area contributed by atoms with Gasteiger partial charge in [0.2, 0.25) is 0 Å². The van der Waals surface area contributed by atoms with E-state index in [-0.39, 0.29) is 22.7 Å². The van der Waals surface area contributed by atoms with Gasteiger partial charge in [-0.15, -0.1) is 11.3 Å². The second kappa shape index (κ2) is 8.99. The normalized spacial score (nSPS) is 18.0. The molecule has 5 rings (SSSR count). The zero-order valence-electron chi connectivity index (χ0n) is 18.8. The van der Waals surface area contributed by atoms with Crippen molar-refractivity contribution in [2.45, 2.75) is 57.4 Å². The standard InChI is InChI=1S/C25H28FN3O3S/c1-16-20-23(28-19-8-3-2-4-11-29(19)24(20)31)33-21(16)22(30)27-15-25(9-12-32-13-10-25)17-6-5-7-18(26)14-17/h5-7,14H,2-4,8-13,15H2,1H3,(H,27,30). The summed E-state index contributed by atoms with van der Waals surface area (Å²) >= 11 is 1.29. The van der Waals surface area contributed by atoms with E-state index >= 15 is 0 Å². The minimum absolute atomic E-state index is 0.0367. The zero-order chi connectivity index (χ0) is 23.0. The van der Waals surface area contributed by atoms with Gasteiger partial charge in [-0.25, -0.2) is 9.37 Å². The first-order valence-electron chi connectivity index (χ1n) is 11.6. The molecular weight excluding hydrogens is 441 g/mol. The Morgan fingerprint density at radius 2 is 2.09 bits per heavy atom. The van der Waals surface area contributed by atoms with Gasteiger partial charge >= 0.3 is 0 Å². The van der Waals surface area contributed by atoms with E-state index in [0.717, 1.165) is 37.1 Å². The van der Waals surface area contributed by atoms with Gasteiger partial charge in [0.05, 0.1) is 10.3 Å². The highest BCUT2D eigenvalue weighted by atomic mass is 32.1. The predicted octanol–water partition coefficient (Wildman–Crippen LogP) is 4.11. The van der Waals surface area contributed by atoms with Gasteiger partial charge in [0, 0.05) is 38.1 Å². The number of nitrogens with zero attached hydrogens (tertiary/aromatic N) is 2. The smallest absolute Gasteiger partial charge is 0.262 e. The van der Waals surface area contributed by atoms with Crippen LogP contribution in [-0.2, 0) is 23.1 Å². The molecule has 2 aliphatic rings. The summed E-state index contributed by atoms with van der Waals surface area (Å²) in [6, 6.07) is 6.62. The van der Waals surface area contributed by atoms with Gasteiger partial charge in [-0.3, -0.25) is 14.2 Å². The third-order valence-corrected chi connectivity index (χ3v) is 8.28. The van der Waals surface area contributed by atoms with E-state index in [1.807, 2.05) is 13.0 Å². The highest BCUT2D eigenvalue weighted by Gasteiger charge is 2.35. The molecule has 1 saturated heterocycles. The number of ether oxygens (including phenoxy) is 1. The summed E-state index contributed by atoms with van der Waals surface area (Å²) in [6.45, 7) is 4.04. The number of hydrogen-bond acceptors (Lipinski definition) is 5. The largest absolute Gasteiger partial charge is 0.381 e. The molecule has 6 nitrogen and oxygen atoms in total. The maximum absolute atomic E-state index is 14.0. The number of aryl methyl sites for hydroxylation is 2. The summed E-state index contributed by atoms with van der Waals surface area (Å²) in [6.07, 6.45) is 5.31. The van der Waals surface area contributed by atoms with Crippen LogP contribution in [-0.4, -0.2) is 35.2 Å². The van der Waals surface area contributed by atoms with E-state index in [1.165, 1.54) is 17.4 Å². The molecule has 1 N–H and O–H groups in total. The van der Waals surface area contributed by atoms with E-state index in [9.17, 15) is 14.0 Å². The number of rotatable bonds is 4. The van der Waals surface area contributed by atoms with Gasteiger partial charge < -0.3 is 10.1 Å². The quantitative estimate of drug-likeness (QED) is 0.624. The van der Waals surface area contributed by atoms with Crippen LogP contribution >= 0.6 is 11.3 Å². The number of hydrogen-bond donors (Lipinski definition) is 1. The Labute approximate surface area is 195 Å². The Morgan fingerprint density at radius 1 is 1.27 bits per heavy atom. The highest BCUT2D eigenvalue weighted by molar-refractivity contribution is 7.20. The van der Waals surface area contributed by atoms with Crippen molar-refractivity contribution in [1.29, 1.82) is 0 Å². The molecule has 4 heterocycles. The summed E-state index contributed by atoms with van der Waals surface area (Å²) < 4.78 is 21.3. The van der Waals surface area contributed by atoms with E-state index in [1.54, 1.807) is 16.7 Å². The number of aromatic nitrogens is 2. The van der Waals surface area contributed by atoms with Crippen LogP contribution in [0.1, 0.15) is 58.7 Å². The Morgan fingerprint density at radius 3 is 2.88 bits per heavy atom. The van der Waals surface area contributed by atoms with Crippen molar-refractivity contribution >= 4 is 27.5 Å². The van der Waals surface area contributed by atoms with Crippen molar-refractivity contribution in [3.63, 3.8) is 0 Å². The van der Waals surface area contributed by atoms with Crippen LogP contribution in [0.25, 0.3) is 10.2 Å². The molecule has 174 valence electrons. The maximum Gasteiger partial charge on any atom is 0.262 e. The summed E-state index contributed by atoms with van der Waals surface area (Å²) in [5.41, 5.74) is 1.15. The number of thiophene rings is 1. The third-order valence-electron chi connectivity index (χ3n) is 7.09. The van der Waals surface area contributed by atoms with Crippen molar-refractivity contribution in [3.8, 4) is 0 Å². The topological polar surface area (TPSA) is 73.2 Å². The number of amides is 1. The molecule has 1 fully saturated rings. The molecule has 33 heavy (non-hydrogen) atoms. The average molecular weight is 470 g/mol. The Hall–Kier alpha value is -2.58. The van der Waals surface area contributed by atoms with Gasteiger partial charge in [0.1, 0.15) is 16.5 Å². The molecule has 8 heteroatoms. The predicted molar refractivity (Wildman–Crippen MR) is 127 cm³/mol. The summed E-state index contributed by atoms with van der Waals surface area (Å²) in [5.74, 6) is 0.333. The van der Waals surface area contributed by atoms with Gasteiger partial charge in [0.25, 0.3) is 11.5 Å². The monoisotopic (exact) mass is 469 g/mol. The Kier molecular flexibility index (Phi) is 6.05. The van der Waals surface area contributed by atoms with Crippen LogP contribution in [0.2, 0.25) is 0 Å². The molecule has 3 aromatic rings. The lowest BCUT2D eigenvalue weighted by Gasteiger charge is -2.38. The minimum atomic E-state index is -0.379. The zero-order valence-corrected chi connectivity index (χ0v) is 19.6. The Balaban J connectivity index is 1.44. The van der Waals surface area contributed by atoms with Crippen LogP contribution in [0.3, 0.4) is 0 Å². The summed E-state index contributed by atoms with van der Waals surface area (Å²) in [4.78, 5) is 32.4. The van der Waals surface area contributed by atoms with Crippen LogP contribution in [0.4, 0.5) is 4.39 Å². The lowest BCUT2D eigenvalue weighted by molar-refractivity contribution is 0.0486. The molecule has 0 saturated carbocycles. The fourth-order valence-corrected chi connectivity index (χ4v) is 6.21. The molecule has 0 radical (unpaired) electrons. The van der Waals surface area contributed by atoms with Crippen LogP contribution in [0.5, 0.6) is 0 Å². The van der Waals surface area contributed by atoms with Crippen molar-refractivity contribution in [2.24, 2.45) is 0 Å². The first-order valence-corrected chi connectivity index (χ1v) is 12.4. The molecular formula is C25H28FN3O3S. The molecule has 1 amide bonds. The molecule has 2 aliphatic heterocycles. The molecule has 1 aromatic carbocycles. The lowest BCUT2D eigenvalue weighted by atomic mass is 9.74. The van der Waals surface area contributed by atoms with E-state index in [4.69, 9.17) is 9.72 Å². The maximum atomic E-state index is 14.0. The van der Waals surface area contributed by atoms with Gasteiger partial charge in [0.15, 0.2) is 0 Å². The van der Waals surface area contributed by atoms with Crippen molar-refractivity contribution < 1.29 is 13.9 Å². The second-order valence-electron chi connectivity index (χ2n) is 9.12. The number of halogens is 1. The third kappa shape index (κ3) is 4.10. The van der Waals surface area contributed by atoms with Crippen LogP contribution in [0, 0.1) is 12.7 Å². The van der Waals surface area contributed by atoms with Crippen molar-refractivity contribution in [1.82, 2.24) is 14.9 Å². The number of fused-ring (bicyclic) bond motifs is 2. The van der Waals surface area contributed by atoms with Crippen molar-refractivity contribution in [2.75, 3.05) is 19.8 Å². The summed E-state index contributed by atoms with van der Waals surface area (Å²) in [5, 5.41) is 3.64. The summed E-state index contributed by atoms with van der Waals surface area (Å²) in [7, 11) is 0. The molecule has 0 aliphatic carbocycles. The highest BCUT2D eigenvalue weighted by Crippen LogP contribution is 2.35. The average Bonchev–Trinajstić information content (AvgIpc) is 2.99. The fraction of sp³-hybridized carbons (Fsp3) is 0.480. The first-order chi connectivity index (χ1) is 16.0. The van der Waals surface area contributed by atoms with E-state index < -0.39 is 0 Å². The number of benzene rings is 1.